The molecule has 2 heterocycles. The molecule has 0 unspecified atom stereocenters. The number of nitrogens with zero attached hydrogens (tertiary/aromatic N) is 2. The molecule has 60 valence electrons. The molecule has 2 heteroatoms. The molecule has 0 bridgehead atoms. The van der Waals surface area contributed by atoms with Gasteiger partial charge >= 0.3 is 0 Å². The van der Waals surface area contributed by atoms with E-state index in [-0.39, 0.29) is 0 Å². The SMILES string of the molecule is Cc1c(C)n2[n+](c1C)CCC2. The van der Waals surface area contributed by atoms with Gasteiger partial charge in [0.25, 0.3) is 0 Å². The van der Waals surface area contributed by atoms with Crippen molar-refractivity contribution in [3.63, 3.8) is 0 Å². The quantitative estimate of drug-likeness (QED) is 0.491. The Morgan fingerprint density at radius 2 is 2.00 bits per heavy atom. The van der Waals surface area contributed by atoms with Crippen LogP contribution in [-0.4, -0.2) is 4.68 Å². The summed E-state index contributed by atoms with van der Waals surface area (Å²) >= 11 is 0. The van der Waals surface area contributed by atoms with Crippen molar-refractivity contribution in [2.45, 2.75) is 40.3 Å². The average Bonchev–Trinajstić information content (AvgIpc) is 2.53. The molecular weight excluding hydrogens is 136 g/mol. The van der Waals surface area contributed by atoms with E-state index in [1.54, 1.807) is 0 Å². The fraction of sp³-hybridized carbons (Fsp3) is 0.667. The summed E-state index contributed by atoms with van der Waals surface area (Å²) in [5.41, 5.74) is 4.35. The van der Waals surface area contributed by atoms with Gasteiger partial charge in [-0.1, -0.05) is 0 Å². The van der Waals surface area contributed by atoms with Crippen LogP contribution in [0.2, 0.25) is 0 Å². The van der Waals surface area contributed by atoms with Crippen LogP contribution in [0.4, 0.5) is 0 Å². The summed E-state index contributed by atoms with van der Waals surface area (Å²) in [6.45, 7) is 9.05. The van der Waals surface area contributed by atoms with Crippen molar-refractivity contribution in [1.82, 2.24) is 4.68 Å². The Morgan fingerprint density at radius 1 is 1.27 bits per heavy atom. The molecule has 0 amide bonds. The highest BCUT2D eigenvalue weighted by atomic mass is 15.4. The maximum Gasteiger partial charge on any atom is 0.208 e. The Hall–Kier alpha value is -0.790. The Labute approximate surface area is 67.4 Å². The molecule has 2 nitrogen and oxygen atoms in total. The van der Waals surface area contributed by atoms with Crippen molar-refractivity contribution >= 4 is 0 Å². The average molecular weight is 151 g/mol. The van der Waals surface area contributed by atoms with E-state index >= 15 is 0 Å². The Bertz CT molecular complexity index is 270. The second-order valence-corrected chi connectivity index (χ2v) is 3.40. The molecule has 1 aliphatic heterocycles. The summed E-state index contributed by atoms with van der Waals surface area (Å²) in [4.78, 5) is 0. The first-order valence-electron chi connectivity index (χ1n) is 4.28. The molecule has 0 saturated carbocycles. The van der Waals surface area contributed by atoms with Crippen molar-refractivity contribution in [1.29, 1.82) is 0 Å². The molecule has 11 heavy (non-hydrogen) atoms. The summed E-state index contributed by atoms with van der Waals surface area (Å²) < 4.78 is 4.79. The van der Waals surface area contributed by atoms with Gasteiger partial charge in [-0.05, 0) is 13.8 Å². The Kier molecular flexibility index (Phi) is 1.31. The standard InChI is InChI=1S/C9H15N2/c1-7-8(2)10-5-4-6-11(10)9(7)3/h4-6H2,1-3H3/q+1. The smallest absolute Gasteiger partial charge is 0.157 e. The number of rotatable bonds is 0. The normalized spacial score (nSPS) is 15.5. The van der Waals surface area contributed by atoms with Crippen molar-refractivity contribution in [3.8, 4) is 0 Å². The van der Waals surface area contributed by atoms with Crippen molar-refractivity contribution in [2.24, 2.45) is 0 Å². The Balaban J connectivity index is 2.68. The lowest BCUT2D eigenvalue weighted by molar-refractivity contribution is -0.763. The Morgan fingerprint density at radius 3 is 2.64 bits per heavy atom. The second-order valence-electron chi connectivity index (χ2n) is 3.40. The fourth-order valence-electron chi connectivity index (χ4n) is 1.96. The van der Waals surface area contributed by atoms with Gasteiger partial charge < -0.3 is 0 Å². The largest absolute Gasteiger partial charge is 0.208 e. The van der Waals surface area contributed by atoms with E-state index in [1.165, 1.54) is 36.5 Å². The molecule has 2 rings (SSSR count). The maximum atomic E-state index is 2.39. The van der Waals surface area contributed by atoms with E-state index in [4.69, 9.17) is 0 Å². The summed E-state index contributed by atoms with van der Waals surface area (Å²) in [6, 6.07) is 0. The van der Waals surface area contributed by atoms with Crippen LogP contribution in [0.15, 0.2) is 0 Å². The lowest BCUT2D eigenvalue weighted by Gasteiger charge is -1.90. The zero-order chi connectivity index (χ0) is 8.01. The molecule has 0 radical (unpaired) electrons. The summed E-state index contributed by atoms with van der Waals surface area (Å²) in [6.07, 6.45) is 1.31. The third kappa shape index (κ3) is 0.753. The zero-order valence-corrected chi connectivity index (χ0v) is 7.52. The van der Waals surface area contributed by atoms with Crippen molar-refractivity contribution < 1.29 is 4.68 Å². The minimum absolute atomic E-state index is 1.21. The monoisotopic (exact) mass is 151 g/mol. The first kappa shape index (κ1) is 6.89. The first-order valence-corrected chi connectivity index (χ1v) is 4.28. The van der Waals surface area contributed by atoms with Gasteiger partial charge in [0.15, 0.2) is 6.54 Å². The lowest BCUT2D eigenvalue weighted by atomic mass is 10.2. The molecule has 1 aromatic heterocycles. The molecule has 0 N–H and O–H groups in total. The highest BCUT2D eigenvalue weighted by Crippen LogP contribution is 2.13. The number of hydrogen-bond donors (Lipinski definition) is 0. The van der Waals surface area contributed by atoms with Crippen molar-refractivity contribution in [2.75, 3.05) is 0 Å². The zero-order valence-electron chi connectivity index (χ0n) is 7.52. The van der Waals surface area contributed by atoms with Gasteiger partial charge in [0.2, 0.25) is 5.69 Å². The van der Waals surface area contributed by atoms with Gasteiger partial charge in [-0.25, -0.2) is 0 Å². The molecule has 0 fully saturated rings. The van der Waals surface area contributed by atoms with Crippen LogP contribution in [0.3, 0.4) is 0 Å². The van der Waals surface area contributed by atoms with Crippen LogP contribution in [0.25, 0.3) is 0 Å². The number of aromatic nitrogens is 2. The van der Waals surface area contributed by atoms with Gasteiger partial charge in [-0.2, -0.15) is 4.68 Å². The molecule has 0 saturated heterocycles. The molecule has 0 spiro atoms. The van der Waals surface area contributed by atoms with Gasteiger partial charge in [0, 0.05) is 18.9 Å². The fourth-order valence-corrected chi connectivity index (χ4v) is 1.96. The van der Waals surface area contributed by atoms with E-state index in [2.05, 4.69) is 30.1 Å². The van der Waals surface area contributed by atoms with Crippen LogP contribution < -0.4 is 4.68 Å². The lowest BCUT2D eigenvalue weighted by Crippen LogP contribution is -2.39. The van der Waals surface area contributed by atoms with Crippen LogP contribution in [0.5, 0.6) is 0 Å². The molecule has 1 aromatic rings. The van der Waals surface area contributed by atoms with E-state index in [9.17, 15) is 0 Å². The molecule has 0 aliphatic carbocycles. The summed E-state index contributed by atoms with van der Waals surface area (Å²) in [5.74, 6) is 0. The molecule has 1 aliphatic rings. The molecular formula is C9H15N2+. The van der Waals surface area contributed by atoms with E-state index < -0.39 is 0 Å². The summed E-state index contributed by atoms with van der Waals surface area (Å²) in [7, 11) is 0. The predicted octanol–water partition coefficient (Wildman–Crippen LogP) is 1.10. The number of fused-ring (bicyclic) bond motifs is 1. The minimum atomic E-state index is 1.21. The topological polar surface area (TPSA) is 8.81 Å². The highest BCUT2D eigenvalue weighted by molar-refractivity contribution is 5.18. The minimum Gasteiger partial charge on any atom is -0.157 e. The summed E-state index contributed by atoms with van der Waals surface area (Å²) in [5, 5.41) is 0. The first-order chi connectivity index (χ1) is 5.22. The van der Waals surface area contributed by atoms with Crippen LogP contribution >= 0.6 is 0 Å². The van der Waals surface area contributed by atoms with Crippen LogP contribution in [0, 0.1) is 20.8 Å². The van der Waals surface area contributed by atoms with Gasteiger partial charge in [-0.3, -0.25) is 0 Å². The van der Waals surface area contributed by atoms with E-state index in [0.717, 1.165) is 0 Å². The highest BCUT2D eigenvalue weighted by Gasteiger charge is 2.25. The maximum absolute atomic E-state index is 2.39. The van der Waals surface area contributed by atoms with Gasteiger partial charge in [-0.15, -0.1) is 4.68 Å². The van der Waals surface area contributed by atoms with Crippen LogP contribution in [0.1, 0.15) is 23.4 Å². The van der Waals surface area contributed by atoms with Gasteiger partial charge in [0.05, 0.1) is 12.2 Å². The van der Waals surface area contributed by atoms with Crippen molar-refractivity contribution in [3.05, 3.63) is 17.0 Å². The molecule has 0 atom stereocenters. The third-order valence-electron chi connectivity index (χ3n) is 2.89. The van der Waals surface area contributed by atoms with E-state index in [0.29, 0.717) is 0 Å². The van der Waals surface area contributed by atoms with Crippen LogP contribution in [-0.2, 0) is 13.1 Å². The predicted molar refractivity (Wildman–Crippen MR) is 43.5 cm³/mol. The second kappa shape index (κ2) is 2.10. The molecule has 0 aromatic carbocycles. The number of hydrogen-bond acceptors (Lipinski definition) is 0. The third-order valence-corrected chi connectivity index (χ3v) is 2.89. The van der Waals surface area contributed by atoms with Gasteiger partial charge in [0.1, 0.15) is 0 Å². The van der Waals surface area contributed by atoms with E-state index in [1.807, 2.05) is 0 Å².